The van der Waals surface area contributed by atoms with E-state index in [0.717, 1.165) is 27.8 Å². The van der Waals surface area contributed by atoms with Gasteiger partial charge in [0.1, 0.15) is 18.0 Å². The number of ether oxygens (including phenoxy) is 2. The van der Waals surface area contributed by atoms with Crippen LogP contribution in [0.5, 0.6) is 0 Å². The SMILES string of the molecule is COC(=O)[C@H](CCCCN)[N+](CC(C)C)(C(=O)OCC1c2ccccc2-c2ccccc21)S(=O)(=O)c1ccc(C)cc1. The van der Waals surface area contributed by atoms with Crippen molar-refractivity contribution in [1.29, 1.82) is 0 Å². The van der Waals surface area contributed by atoms with Gasteiger partial charge in [-0.1, -0.05) is 80.1 Å². The van der Waals surface area contributed by atoms with Crippen LogP contribution in [0.15, 0.2) is 77.7 Å². The Morgan fingerprint density at radius 3 is 2.00 bits per heavy atom. The van der Waals surface area contributed by atoms with E-state index in [2.05, 4.69) is 0 Å². The minimum Gasteiger partial charge on any atom is -0.465 e. The minimum absolute atomic E-state index is 0.0602. The van der Waals surface area contributed by atoms with E-state index in [9.17, 15) is 18.0 Å². The zero-order chi connectivity index (χ0) is 30.5. The molecule has 0 spiro atoms. The lowest BCUT2D eigenvalue weighted by atomic mass is 9.98. The molecule has 0 heterocycles. The van der Waals surface area contributed by atoms with Crippen molar-refractivity contribution in [3.63, 3.8) is 0 Å². The number of hydrogen-bond donors (Lipinski definition) is 1. The molecule has 9 heteroatoms. The number of sulfonamides is 1. The van der Waals surface area contributed by atoms with Crippen LogP contribution in [0.3, 0.4) is 0 Å². The second-order valence-corrected chi connectivity index (χ2v) is 13.4. The van der Waals surface area contributed by atoms with E-state index >= 15 is 0 Å². The molecule has 0 saturated heterocycles. The highest BCUT2D eigenvalue weighted by atomic mass is 32.2. The van der Waals surface area contributed by atoms with Crippen molar-refractivity contribution in [3.05, 3.63) is 89.5 Å². The number of esters is 1. The molecular weight excluding hydrogens is 552 g/mol. The molecule has 1 aliphatic carbocycles. The molecule has 0 radical (unpaired) electrons. The van der Waals surface area contributed by atoms with Gasteiger partial charge in [0.2, 0.25) is 6.04 Å². The molecular formula is C33H41N2O6S+. The predicted octanol–water partition coefficient (Wildman–Crippen LogP) is 5.78. The molecule has 2 N–H and O–H groups in total. The molecule has 0 bridgehead atoms. The molecule has 1 aliphatic rings. The van der Waals surface area contributed by atoms with Gasteiger partial charge in [-0.05, 0) is 60.7 Å². The van der Waals surface area contributed by atoms with Crippen LogP contribution in [0.2, 0.25) is 0 Å². The van der Waals surface area contributed by atoms with Crippen molar-refractivity contribution in [2.24, 2.45) is 11.7 Å². The summed E-state index contributed by atoms with van der Waals surface area (Å²) >= 11 is 0. The second kappa shape index (κ2) is 13.2. The highest BCUT2D eigenvalue weighted by Crippen LogP contribution is 2.45. The molecule has 2 atom stereocenters. The maximum Gasteiger partial charge on any atom is 0.532 e. The van der Waals surface area contributed by atoms with Crippen molar-refractivity contribution >= 4 is 22.1 Å². The molecule has 0 saturated carbocycles. The van der Waals surface area contributed by atoms with E-state index in [1.54, 1.807) is 12.1 Å². The lowest BCUT2D eigenvalue weighted by Gasteiger charge is -2.39. The largest absolute Gasteiger partial charge is 0.532 e. The van der Waals surface area contributed by atoms with Crippen LogP contribution in [0.1, 0.15) is 55.7 Å². The van der Waals surface area contributed by atoms with Gasteiger partial charge in [-0.3, -0.25) is 0 Å². The summed E-state index contributed by atoms with van der Waals surface area (Å²) in [6, 6.07) is 20.8. The average Bonchev–Trinajstić information content (AvgIpc) is 3.30. The zero-order valence-corrected chi connectivity index (χ0v) is 25.6. The number of carbonyl (C=O) groups excluding carboxylic acids is 2. The quantitative estimate of drug-likeness (QED) is 0.161. The molecule has 0 aromatic heterocycles. The fraction of sp³-hybridized carbons (Fsp3) is 0.394. The Bertz CT molecular complexity index is 1470. The molecule has 1 unspecified atom stereocenters. The molecule has 42 heavy (non-hydrogen) atoms. The molecule has 1 amide bonds. The number of rotatable bonds is 12. The van der Waals surface area contributed by atoms with Crippen molar-refractivity contribution in [2.75, 3.05) is 26.8 Å². The van der Waals surface area contributed by atoms with Crippen LogP contribution in [0.25, 0.3) is 11.1 Å². The van der Waals surface area contributed by atoms with Crippen molar-refractivity contribution in [1.82, 2.24) is 0 Å². The number of unbranched alkanes of at least 4 members (excludes halogenated alkanes) is 1. The monoisotopic (exact) mass is 593 g/mol. The van der Waals surface area contributed by atoms with Crippen LogP contribution in [0, 0.1) is 12.8 Å². The number of amides is 1. The van der Waals surface area contributed by atoms with Crippen LogP contribution in [0.4, 0.5) is 4.79 Å². The fourth-order valence-electron chi connectivity index (χ4n) is 5.95. The van der Waals surface area contributed by atoms with Gasteiger partial charge >= 0.3 is 22.1 Å². The first-order valence-electron chi connectivity index (χ1n) is 14.4. The maximum atomic E-state index is 14.7. The Hall–Kier alpha value is -3.53. The third-order valence-corrected chi connectivity index (χ3v) is 10.2. The molecule has 0 aliphatic heterocycles. The Labute approximate surface area is 249 Å². The lowest BCUT2D eigenvalue weighted by molar-refractivity contribution is -0.755. The number of nitrogens with zero attached hydrogens (tertiary/aromatic N) is 1. The maximum absolute atomic E-state index is 14.7. The Kier molecular flexibility index (Phi) is 9.86. The standard InChI is InChI=1S/C33H41N2O6S/c1-23(2)21-35(31(32(36)40-4)15-9-10-20-34,42(38,39)25-18-16-24(3)17-19-25)33(37)41-22-30-28-13-7-5-11-26(28)27-12-6-8-14-29(27)30/h5-8,11-14,16-19,23,30-31H,9-10,15,20-22,34H2,1-4H3/q+1/t31-,35?/m0/s1. The third-order valence-electron chi connectivity index (χ3n) is 7.94. The van der Waals surface area contributed by atoms with Gasteiger partial charge in [-0.25, -0.2) is 4.79 Å². The minimum atomic E-state index is -4.50. The van der Waals surface area contributed by atoms with Gasteiger partial charge in [0, 0.05) is 18.3 Å². The molecule has 3 aromatic rings. The van der Waals surface area contributed by atoms with E-state index in [0.29, 0.717) is 19.4 Å². The van der Waals surface area contributed by atoms with Gasteiger partial charge < -0.3 is 15.2 Å². The van der Waals surface area contributed by atoms with Crippen LogP contribution in [-0.2, 0) is 24.3 Å². The smallest absolute Gasteiger partial charge is 0.465 e. The summed E-state index contributed by atoms with van der Waals surface area (Å²) in [6.45, 7) is 5.61. The average molecular weight is 594 g/mol. The summed E-state index contributed by atoms with van der Waals surface area (Å²) in [5, 5.41) is 0. The highest BCUT2D eigenvalue weighted by Gasteiger charge is 2.60. The van der Waals surface area contributed by atoms with E-state index in [1.807, 2.05) is 69.3 Å². The molecule has 224 valence electrons. The number of nitrogens with two attached hydrogens (primary N) is 1. The van der Waals surface area contributed by atoms with Crippen molar-refractivity contribution < 1.29 is 31.4 Å². The number of carbonyl (C=O) groups is 2. The van der Waals surface area contributed by atoms with Crippen LogP contribution < -0.4 is 5.73 Å². The number of methoxy groups -OCH3 is 1. The highest BCUT2D eigenvalue weighted by molar-refractivity contribution is 7.86. The normalized spacial score (nSPS) is 15.0. The topological polar surface area (TPSA) is 113 Å². The number of fused-ring (bicyclic) bond motifs is 3. The van der Waals surface area contributed by atoms with Gasteiger partial charge in [-0.2, -0.15) is 13.2 Å². The summed E-state index contributed by atoms with van der Waals surface area (Å²) in [5.74, 6) is -1.34. The van der Waals surface area contributed by atoms with Gasteiger partial charge in [0.05, 0.1) is 7.11 Å². The summed E-state index contributed by atoms with van der Waals surface area (Å²) < 4.78 is 39.3. The van der Waals surface area contributed by atoms with Gasteiger partial charge in [0.25, 0.3) is 0 Å². The summed E-state index contributed by atoms with van der Waals surface area (Å²) in [6.07, 6.45) is 0.0967. The zero-order valence-electron chi connectivity index (χ0n) is 24.8. The fourth-order valence-corrected chi connectivity index (χ4v) is 8.08. The van der Waals surface area contributed by atoms with E-state index < -0.39 is 32.0 Å². The van der Waals surface area contributed by atoms with Crippen molar-refractivity contribution in [3.8, 4) is 11.1 Å². The Morgan fingerprint density at radius 2 is 1.48 bits per heavy atom. The van der Waals surface area contributed by atoms with E-state index in [1.165, 1.54) is 19.2 Å². The van der Waals surface area contributed by atoms with Crippen molar-refractivity contribution in [2.45, 2.75) is 56.9 Å². The summed E-state index contributed by atoms with van der Waals surface area (Å²) in [7, 11) is -3.29. The Morgan fingerprint density at radius 1 is 0.905 bits per heavy atom. The predicted molar refractivity (Wildman–Crippen MR) is 162 cm³/mol. The number of hydrogen-bond acceptors (Lipinski definition) is 7. The molecule has 0 fully saturated rings. The lowest BCUT2D eigenvalue weighted by Crippen LogP contribution is -2.66. The molecule has 3 aromatic carbocycles. The Balaban J connectivity index is 1.83. The molecule has 8 nitrogen and oxygen atoms in total. The number of benzene rings is 3. The number of aryl methyl sites for hydroxylation is 1. The van der Waals surface area contributed by atoms with Gasteiger partial charge in [0.15, 0.2) is 0 Å². The number of quaternary nitrogens is 1. The van der Waals surface area contributed by atoms with E-state index in [4.69, 9.17) is 15.2 Å². The second-order valence-electron chi connectivity index (χ2n) is 11.3. The first-order chi connectivity index (χ1) is 20.1. The first kappa shape index (κ1) is 31.4. The summed E-state index contributed by atoms with van der Waals surface area (Å²) in [5.41, 5.74) is 10.7. The van der Waals surface area contributed by atoms with Gasteiger partial charge in [-0.15, -0.1) is 3.89 Å². The van der Waals surface area contributed by atoms with Crippen LogP contribution >= 0.6 is 0 Å². The van der Waals surface area contributed by atoms with E-state index in [-0.39, 0.29) is 36.3 Å². The van der Waals surface area contributed by atoms with Crippen LogP contribution in [-0.4, -0.2) is 57.2 Å². The summed E-state index contributed by atoms with van der Waals surface area (Å²) in [4.78, 5) is 27.9. The first-order valence-corrected chi connectivity index (χ1v) is 15.9. The third kappa shape index (κ3) is 5.86. The molecule has 4 rings (SSSR count).